The Morgan fingerprint density at radius 1 is 1.00 bits per heavy atom. The van der Waals surface area contributed by atoms with Crippen molar-refractivity contribution in [3.63, 3.8) is 0 Å². The smallest absolute Gasteiger partial charge is 0.338 e. The van der Waals surface area contributed by atoms with Crippen LogP contribution in [0.1, 0.15) is 30.1 Å². The molecule has 0 atom stereocenters. The topological polar surface area (TPSA) is 64.6 Å². The van der Waals surface area contributed by atoms with Crippen LogP contribution in [0, 0.1) is 0 Å². The Labute approximate surface area is 141 Å². The molecule has 24 heavy (non-hydrogen) atoms. The van der Waals surface area contributed by atoms with E-state index in [0.29, 0.717) is 23.6 Å². The van der Waals surface area contributed by atoms with E-state index in [2.05, 4.69) is 12.2 Å². The monoisotopic (exact) mass is 327 g/mol. The number of anilines is 1. The average Bonchev–Trinajstić information content (AvgIpc) is 2.61. The first kappa shape index (κ1) is 17.5. The van der Waals surface area contributed by atoms with Crippen LogP contribution in [0.15, 0.2) is 54.6 Å². The third-order valence-corrected chi connectivity index (χ3v) is 3.25. The Kier molecular flexibility index (Phi) is 6.83. The normalized spacial score (nSPS) is 10.0. The van der Waals surface area contributed by atoms with Crippen LogP contribution in [0.3, 0.4) is 0 Å². The van der Waals surface area contributed by atoms with Gasteiger partial charge in [-0.05, 0) is 42.8 Å². The molecule has 1 amide bonds. The zero-order valence-electron chi connectivity index (χ0n) is 13.7. The summed E-state index contributed by atoms with van der Waals surface area (Å²) >= 11 is 0. The predicted octanol–water partition coefficient (Wildman–Crippen LogP) is 3.66. The van der Waals surface area contributed by atoms with Gasteiger partial charge in [0, 0.05) is 5.69 Å². The fraction of sp³-hybridized carbons (Fsp3) is 0.263. The summed E-state index contributed by atoms with van der Waals surface area (Å²) in [5, 5.41) is 2.65. The fourth-order valence-corrected chi connectivity index (χ4v) is 1.95. The highest BCUT2D eigenvalue weighted by atomic mass is 16.5. The number of ether oxygens (including phenoxy) is 2. The van der Waals surface area contributed by atoms with E-state index in [-0.39, 0.29) is 12.5 Å². The number of amides is 1. The number of hydrogen-bond donors (Lipinski definition) is 1. The van der Waals surface area contributed by atoms with Gasteiger partial charge in [0.2, 0.25) is 0 Å². The van der Waals surface area contributed by atoms with E-state index < -0.39 is 5.97 Å². The first-order valence-corrected chi connectivity index (χ1v) is 7.94. The van der Waals surface area contributed by atoms with Crippen LogP contribution in [-0.4, -0.2) is 25.1 Å². The summed E-state index contributed by atoms with van der Waals surface area (Å²) in [4.78, 5) is 23.7. The molecule has 5 nitrogen and oxygen atoms in total. The highest BCUT2D eigenvalue weighted by Gasteiger charge is 2.10. The molecule has 0 bridgehead atoms. The highest BCUT2D eigenvalue weighted by Crippen LogP contribution is 2.13. The molecule has 2 aromatic carbocycles. The average molecular weight is 327 g/mol. The van der Waals surface area contributed by atoms with Crippen LogP contribution >= 0.6 is 0 Å². The van der Waals surface area contributed by atoms with E-state index in [9.17, 15) is 9.59 Å². The van der Waals surface area contributed by atoms with Crippen molar-refractivity contribution in [3.8, 4) is 5.75 Å². The molecule has 0 heterocycles. The number of carbonyl (C=O) groups excluding carboxylic acids is 2. The van der Waals surface area contributed by atoms with Gasteiger partial charge in [-0.1, -0.05) is 31.5 Å². The quantitative estimate of drug-likeness (QED) is 0.593. The van der Waals surface area contributed by atoms with Gasteiger partial charge < -0.3 is 14.8 Å². The molecule has 0 fully saturated rings. The molecular weight excluding hydrogens is 306 g/mol. The Bertz CT molecular complexity index is 653. The second kappa shape index (κ2) is 9.35. The largest absolute Gasteiger partial charge is 0.494 e. The minimum Gasteiger partial charge on any atom is -0.494 e. The van der Waals surface area contributed by atoms with E-state index in [1.807, 2.05) is 18.2 Å². The maximum Gasteiger partial charge on any atom is 0.338 e. The van der Waals surface area contributed by atoms with E-state index in [1.54, 1.807) is 36.4 Å². The van der Waals surface area contributed by atoms with Crippen molar-refractivity contribution in [1.29, 1.82) is 0 Å². The number of rotatable bonds is 8. The molecule has 0 unspecified atom stereocenters. The molecular formula is C19H21NO4. The van der Waals surface area contributed by atoms with Gasteiger partial charge in [-0.25, -0.2) is 4.79 Å². The van der Waals surface area contributed by atoms with Crippen molar-refractivity contribution < 1.29 is 19.1 Å². The molecule has 0 spiro atoms. The van der Waals surface area contributed by atoms with Gasteiger partial charge in [-0.2, -0.15) is 0 Å². The van der Waals surface area contributed by atoms with Gasteiger partial charge in [-0.15, -0.1) is 0 Å². The first-order valence-electron chi connectivity index (χ1n) is 7.94. The molecule has 0 saturated heterocycles. The van der Waals surface area contributed by atoms with Crippen LogP contribution in [0.5, 0.6) is 5.75 Å². The maximum atomic E-state index is 11.9. The Balaban J connectivity index is 1.78. The van der Waals surface area contributed by atoms with Gasteiger partial charge in [0.1, 0.15) is 5.75 Å². The molecule has 2 aromatic rings. The van der Waals surface area contributed by atoms with Crippen LogP contribution in [0.4, 0.5) is 5.69 Å². The molecule has 5 heteroatoms. The van der Waals surface area contributed by atoms with E-state index in [4.69, 9.17) is 9.47 Å². The Hall–Kier alpha value is -2.82. The van der Waals surface area contributed by atoms with Crippen LogP contribution in [-0.2, 0) is 9.53 Å². The number of carbonyl (C=O) groups is 2. The summed E-state index contributed by atoms with van der Waals surface area (Å²) in [6.45, 7) is 2.42. The van der Waals surface area contributed by atoms with Crippen LogP contribution in [0.2, 0.25) is 0 Å². The molecule has 0 radical (unpaired) electrons. The summed E-state index contributed by atoms with van der Waals surface area (Å²) in [6, 6.07) is 15.7. The third-order valence-electron chi connectivity index (χ3n) is 3.25. The number of esters is 1. The lowest BCUT2D eigenvalue weighted by molar-refractivity contribution is -0.119. The summed E-state index contributed by atoms with van der Waals surface area (Å²) in [7, 11) is 0. The van der Waals surface area contributed by atoms with Crippen molar-refractivity contribution >= 4 is 17.6 Å². The number of hydrogen-bond acceptors (Lipinski definition) is 4. The van der Waals surface area contributed by atoms with E-state index in [1.165, 1.54) is 0 Å². The molecule has 1 N–H and O–H groups in total. The summed E-state index contributed by atoms with van der Waals surface area (Å²) in [6.07, 6.45) is 2.05. The van der Waals surface area contributed by atoms with Crippen molar-refractivity contribution in [2.75, 3.05) is 18.5 Å². The van der Waals surface area contributed by atoms with Crippen molar-refractivity contribution in [3.05, 3.63) is 60.2 Å². The molecule has 0 aromatic heterocycles. The molecule has 2 rings (SSSR count). The number of benzene rings is 2. The zero-order chi connectivity index (χ0) is 17.2. The maximum absolute atomic E-state index is 11.9. The van der Waals surface area contributed by atoms with Gasteiger partial charge >= 0.3 is 5.97 Å². The molecule has 0 aliphatic carbocycles. The SMILES string of the molecule is CCCCOc1ccc(C(=O)OCC(=O)Nc2ccccc2)cc1. The van der Waals surface area contributed by atoms with Crippen LogP contribution in [0.25, 0.3) is 0 Å². The van der Waals surface area contributed by atoms with Crippen molar-refractivity contribution in [1.82, 2.24) is 0 Å². The van der Waals surface area contributed by atoms with E-state index >= 15 is 0 Å². The lowest BCUT2D eigenvalue weighted by Gasteiger charge is -2.08. The number of unbranched alkanes of at least 4 members (excludes halogenated alkanes) is 1. The van der Waals surface area contributed by atoms with Gasteiger partial charge in [-0.3, -0.25) is 4.79 Å². The summed E-state index contributed by atoms with van der Waals surface area (Å²) < 4.78 is 10.5. The predicted molar refractivity (Wildman–Crippen MR) is 92.2 cm³/mol. The van der Waals surface area contributed by atoms with E-state index in [0.717, 1.165) is 12.8 Å². The number of nitrogens with one attached hydrogen (secondary N) is 1. The highest BCUT2D eigenvalue weighted by molar-refractivity contribution is 5.95. The standard InChI is InChI=1S/C19H21NO4/c1-2-3-13-23-17-11-9-15(10-12-17)19(22)24-14-18(21)20-16-7-5-4-6-8-16/h4-12H,2-3,13-14H2,1H3,(H,20,21). The third kappa shape index (κ3) is 5.76. The molecule has 0 aliphatic rings. The molecule has 0 saturated carbocycles. The van der Waals surface area contributed by atoms with Crippen molar-refractivity contribution in [2.24, 2.45) is 0 Å². The zero-order valence-corrected chi connectivity index (χ0v) is 13.7. The summed E-state index contributed by atoms with van der Waals surface area (Å²) in [5.41, 5.74) is 1.04. The molecule has 126 valence electrons. The fourth-order valence-electron chi connectivity index (χ4n) is 1.95. The Morgan fingerprint density at radius 2 is 1.71 bits per heavy atom. The lowest BCUT2D eigenvalue weighted by atomic mass is 10.2. The van der Waals surface area contributed by atoms with Crippen LogP contribution < -0.4 is 10.1 Å². The summed E-state index contributed by atoms with van der Waals surface area (Å²) in [5.74, 6) is -0.214. The number of para-hydroxylation sites is 1. The lowest BCUT2D eigenvalue weighted by Crippen LogP contribution is -2.20. The second-order valence-corrected chi connectivity index (χ2v) is 5.22. The minimum atomic E-state index is -0.543. The minimum absolute atomic E-state index is 0.331. The van der Waals surface area contributed by atoms with Crippen molar-refractivity contribution in [2.45, 2.75) is 19.8 Å². The van der Waals surface area contributed by atoms with Gasteiger partial charge in [0.15, 0.2) is 6.61 Å². The van der Waals surface area contributed by atoms with Gasteiger partial charge in [0.25, 0.3) is 5.91 Å². The first-order chi connectivity index (χ1) is 11.7. The molecule has 0 aliphatic heterocycles. The second-order valence-electron chi connectivity index (χ2n) is 5.22. The Morgan fingerprint density at radius 3 is 2.38 bits per heavy atom. The van der Waals surface area contributed by atoms with Gasteiger partial charge in [0.05, 0.1) is 12.2 Å².